The third-order valence-corrected chi connectivity index (χ3v) is 7.37. The van der Waals surface area contributed by atoms with Crippen LogP contribution in [0, 0.1) is 11.8 Å². The van der Waals surface area contributed by atoms with Crippen LogP contribution in [0.15, 0.2) is 0 Å². The average Bonchev–Trinajstić information content (AvgIpc) is 2.59. The molecule has 0 aromatic carbocycles. The molecule has 0 aromatic heterocycles. The summed E-state index contributed by atoms with van der Waals surface area (Å²) in [5.74, 6) is 2.16. The van der Waals surface area contributed by atoms with Crippen molar-refractivity contribution in [1.29, 1.82) is 0 Å². The summed E-state index contributed by atoms with van der Waals surface area (Å²) in [5, 5.41) is 3.98. The van der Waals surface area contributed by atoms with E-state index in [0.717, 1.165) is 32.8 Å². The van der Waals surface area contributed by atoms with Crippen LogP contribution in [-0.2, 0) is 0 Å². The molecule has 2 heteroatoms. The van der Waals surface area contributed by atoms with E-state index in [4.69, 9.17) is 0 Å². The molecule has 6 unspecified atom stereocenters. The van der Waals surface area contributed by atoms with Crippen LogP contribution >= 0.6 is 23.5 Å². The number of hydrogen-bond acceptors (Lipinski definition) is 2. The van der Waals surface area contributed by atoms with Crippen LogP contribution in [0.4, 0.5) is 0 Å². The topological polar surface area (TPSA) is 0 Å². The van der Waals surface area contributed by atoms with E-state index in [2.05, 4.69) is 37.4 Å². The molecule has 14 heavy (non-hydrogen) atoms. The second-order valence-corrected chi connectivity index (χ2v) is 8.80. The van der Waals surface area contributed by atoms with Gasteiger partial charge in [-0.15, -0.1) is 0 Å². The first kappa shape index (κ1) is 9.89. The minimum absolute atomic E-state index is 0.950. The van der Waals surface area contributed by atoms with Gasteiger partial charge in [-0.25, -0.2) is 0 Å². The van der Waals surface area contributed by atoms with Crippen molar-refractivity contribution in [1.82, 2.24) is 0 Å². The van der Waals surface area contributed by atoms with Gasteiger partial charge in [-0.05, 0) is 37.5 Å². The first-order valence-corrected chi connectivity index (χ1v) is 7.92. The van der Waals surface area contributed by atoms with Crippen LogP contribution < -0.4 is 0 Å². The second kappa shape index (κ2) is 3.62. The number of rotatable bonds is 0. The molecule has 0 aromatic rings. The minimum Gasteiger partial charge on any atom is -0.155 e. The molecule has 0 bridgehead atoms. The summed E-state index contributed by atoms with van der Waals surface area (Å²) in [4.78, 5) is 0. The molecular weight excluding hydrogens is 208 g/mol. The summed E-state index contributed by atoms with van der Waals surface area (Å²) < 4.78 is 0. The molecule has 0 nitrogen and oxygen atoms in total. The first-order valence-electron chi connectivity index (χ1n) is 6.03. The molecule has 0 radical (unpaired) electrons. The zero-order chi connectivity index (χ0) is 9.71. The van der Waals surface area contributed by atoms with Crippen molar-refractivity contribution >= 4 is 23.5 Å². The van der Waals surface area contributed by atoms with Crippen molar-refractivity contribution in [3.63, 3.8) is 0 Å². The molecule has 2 aliphatic heterocycles. The van der Waals surface area contributed by atoms with E-state index in [-0.39, 0.29) is 0 Å². The van der Waals surface area contributed by atoms with Crippen LogP contribution in [0.2, 0.25) is 0 Å². The van der Waals surface area contributed by atoms with Gasteiger partial charge in [-0.2, -0.15) is 23.5 Å². The summed E-state index contributed by atoms with van der Waals surface area (Å²) in [6, 6.07) is 0. The number of hydrogen-bond donors (Lipinski definition) is 0. The molecule has 2 saturated heterocycles. The Morgan fingerprint density at radius 1 is 0.714 bits per heavy atom. The van der Waals surface area contributed by atoms with Gasteiger partial charge in [0.25, 0.3) is 0 Å². The Kier molecular flexibility index (Phi) is 2.56. The lowest BCUT2D eigenvalue weighted by Gasteiger charge is -2.33. The van der Waals surface area contributed by atoms with Crippen molar-refractivity contribution in [2.75, 3.05) is 0 Å². The van der Waals surface area contributed by atoms with Crippen molar-refractivity contribution < 1.29 is 0 Å². The highest BCUT2D eigenvalue weighted by atomic mass is 32.2. The maximum absolute atomic E-state index is 2.43. The number of thioether (sulfide) groups is 2. The lowest BCUT2D eigenvalue weighted by Crippen LogP contribution is -2.30. The Bertz CT molecular complexity index is 184. The maximum atomic E-state index is 2.43. The van der Waals surface area contributed by atoms with Gasteiger partial charge in [0, 0.05) is 21.0 Å². The lowest BCUT2D eigenvalue weighted by molar-refractivity contribution is 0.297. The van der Waals surface area contributed by atoms with E-state index < -0.39 is 0 Å². The normalized spacial score (nSPS) is 57.0. The highest BCUT2D eigenvalue weighted by Crippen LogP contribution is 2.54. The quantitative estimate of drug-likeness (QED) is 0.618. The predicted octanol–water partition coefficient (Wildman–Crippen LogP) is 3.80. The molecule has 2 heterocycles. The van der Waals surface area contributed by atoms with Crippen molar-refractivity contribution in [3.8, 4) is 0 Å². The third kappa shape index (κ3) is 1.63. The molecule has 0 N–H and O–H groups in total. The molecule has 3 fully saturated rings. The largest absolute Gasteiger partial charge is 0.155 e. The SMILES string of the molecule is CC1CC2CC3SC(C)CC3CC2S1. The van der Waals surface area contributed by atoms with E-state index >= 15 is 0 Å². The van der Waals surface area contributed by atoms with E-state index in [1.165, 1.54) is 12.8 Å². The lowest BCUT2D eigenvalue weighted by atomic mass is 9.78. The molecule has 1 aliphatic carbocycles. The highest BCUT2D eigenvalue weighted by Gasteiger charge is 2.45. The van der Waals surface area contributed by atoms with Gasteiger partial charge < -0.3 is 0 Å². The van der Waals surface area contributed by atoms with Gasteiger partial charge >= 0.3 is 0 Å². The van der Waals surface area contributed by atoms with Gasteiger partial charge in [-0.1, -0.05) is 13.8 Å². The summed E-state index contributed by atoms with van der Waals surface area (Å²) in [6.45, 7) is 4.85. The average molecular weight is 228 g/mol. The Morgan fingerprint density at radius 2 is 1.14 bits per heavy atom. The predicted molar refractivity (Wildman–Crippen MR) is 67.1 cm³/mol. The first-order chi connectivity index (χ1) is 6.72. The summed E-state index contributed by atoms with van der Waals surface area (Å²) in [5.41, 5.74) is 0. The molecule has 0 spiro atoms. The fourth-order valence-corrected chi connectivity index (χ4v) is 7.19. The Morgan fingerprint density at radius 3 is 1.57 bits per heavy atom. The van der Waals surface area contributed by atoms with Gasteiger partial charge in [0.15, 0.2) is 0 Å². The fourth-order valence-electron chi connectivity index (χ4n) is 3.68. The van der Waals surface area contributed by atoms with Crippen LogP contribution in [0.3, 0.4) is 0 Å². The van der Waals surface area contributed by atoms with Crippen LogP contribution in [0.1, 0.15) is 39.5 Å². The van der Waals surface area contributed by atoms with Crippen LogP contribution in [-0.4, -0.2) is 21.0 Å². The van der Waals surface area contributed by atoms with E-state index in [0.29, 0.717) is 0 Å². The Balaban J connectivity index is 1.71. The summed E-state index contributed by atoms with van der Waals surface area (Å²) >= 11 is 4.58. The van der Waals surface area contributed by atoms with Crippen molar-refractivity contribution in [2.45, 2.75) is 60.5 Å². The van der Waals surface area contributed by atoms with Crippen molar-refractivity contribution in [3.05, 3.63) is 0 Å². The van der Waals surface area contributed by atoms with Crippen LogP contribution in [0.25, 0.3) is 0 Å². The second-order valence-electron chi connectivity index (χ2n) is 5.43. The fraction of sp³-hybridized carbons (Fsp3) is 1.00. The molecule has 1 saturated carbocycles. The van der Waals surface area contributed by atoms with E-state index in [1.807, 2.05) is 0 Å². The summed E-state index contributed by atoms with van der Waals surface area (Å²) in [7, 11) is 0. The summed E-state index contributed by atoms with van der Waals surface area (Å²) in [6.07, 6.45) is 6.10. The number of fused-ring (bicyclic) bond motifs is 2. The van der Waals surface area contributed by atoms with Gasteiger partial charge in [0.2, 0.25) is 0 Å². The molecule has 0 amide bonds. The molecular formula is C12H20S2. The zero-order valence-corrected chi connectivity index (χ0v) is 10.7. The molecule has 80 valence electrons. The van der Waals surface area contributed by atoms with Crippen molar-refractivity contribution in [2.24, 2.45) is 11.8 Å². The van der Waals surface area contributed by atoms with E-state index in [1.54, 1.807) is 12.8 Å². The van der Waals surface area contributed by atoms with Crippen LogP contribution in [0.5, 0.6) is 0 Å². The maximum Gasteiger partial charge on any atom is 0.00818 e. The molecule has 6 atom stereocenters. The van der Waals surface area contributed by atoms with E-state index in [9.17, 15) is 0 Å². The molecule has 3 aliphatic rings. The van der Waals surface area contributed by atoms with Gasteiger partial charge in [-0.3, -0.25) is 0 Å². The smallest absolute Gasteiger partial charge is 0.00818 e. The standard InChI is InChI=1S/C12H20S2/c1-7-3-9-5-12-10(4-8(2)14-12)6-11(9)13-7/h7-12H,3-6H2,1-2H3. The third-order valence-electron chi connectivity index (χ3n) is 4.21. The Labute approximate surface area is 96.0 Å². The Hall–Kier alpha value is 0.700. The minimum atomic E-state index is 0.950. The van der Waals surface area contributed by atoms with Gasteiger partial charge in [0.05, 0.1) is 0 Å². The zero-order valence-electron chi connectivity index (χ0n) is 9.11. The highest BCUT2D eigenvalue weighted by molar-refractivity contribution is 8.01. The van der Waals surface area contributed by atoms with Gasteiger partial charge in [0.1, 0.15) is 0 Å². The monoisotopic (exact) mass is 228 g/mol. The molecule has 3 rings (SSSR count).